The fourth-order valence-electron chi connectivity index (χ4n) is 8.50. The van der Waals surface area contributed by atoms with Crippen molar-refractivity contribution in [3.05, 3.63) is 139 Å². The summed E-state index contributed by atoms with van der Waals surface area (Å²) in [5.41, 5.74) is 3.97. The third kappa shape index (κ3) is 12.4. The van der Waals surface area contributed by atoms with Crippen LogP contribution in [-0.2, 0) is 19.1 Å². The van der Waals surface area contributed by atoms with E-state index in [1.807, 2.05) is 121 Å². The predicted molar refractivity (Wildman–Crippen MR) is 255 cm³/mol. The number of hydrogen-bond acceptors (Lipinski definition) is 6. The molecule has 0 spiro atoms. The number of benzene rings is 4. The molecule has 2 heterocycles. The van der Waals surface area contributed by atoms with E-state index in [9.17, 15) is 9.59 Å². The Bertz CT molecular complexity index is 1860. The molecule has 0 N–H and O–H groups in total. The number of thioether (sulfide) groups is 2. The molecule has 60 heavy (non-hydrogen) atoms. The molecule has 0 aliphatic carbocycles. The van der Waals surface area contributed by atoms with Crippen LogP contribution in [0.5, 0.6) is 0 Å². The molecule has 6 nitrogen and oxygen atoms in total. The minimum absolute atomic E-state index is 0.0243. The van der Waals surface area contributed by atoms with E-state index in [4.69, 9.17) is 55.9 Å². The van der Waals surface area contributed by atoms with Gasteiger partial charge in [-0.1, -0.05) is 150 Å². The van der Waals surface area contributed by atoms with Crippen molar-refractivity contribution in [3.8, 4) is 0 Å². The highest BCUT2D eigenvalue weighted by Crippen LogP contribution is 2.46. The fraction of sp³-hybridized carbons (Fsp3) is 0.458. The second kappa shape index (κ2) is 22.8. The molecule has 12 heteroatoms. The molecular formula is C48H58Cl4N2O4S2. The molecule has 8 atom stereocenters. The summed E-state index contributed by atoms with van der Waals surface area (Å²) in [5, 5.41) is 4.23. The van der Waals surface area contributed by atoms with Crippen molar-refractivity contribution < 1.29 is 19.1 Å². The highest BCUT2D eigenvalue weighted by Gasteiger charge is 2.45. The third-order valence-electron chi connectivity index (χ3n) is 10.9. The monoisotopic (exact) mass is 930 g/mol. The lowest BCUT2D eigenvalue weighted by molar-refractivity contribution is -0.163. The second-order valence-corrected chi connectivity index (χ2v) is 21.6. The smallest absolute Gasteiger partial charge is 0.249 e. The van der Waals surface area contributed by atoms with E-state index in [0.29, 0.717) is 41.1 Å². The zero-order valence-electron chi connectivity index (χ0n) is 35.7. The fourth-order valence-corrected chi connectivity index (χ4v) is 11.9. The van der Waals surface area contributed by atoms with Crippen molar-refractivity contribution >= 4 is 81.7 Å². The minimum Gasteiger partial charge on any atom is -0.361 e. The Morgan fingerprint density at radius 1 is 0.533 bits per heavy atom. The molecular weight excluding hydrogens is 874 g/mol. The van der Waals surface area contributed by atoms with Crippen molar-refractivity contribution in [2.75, 3.05) is 13.2 Å². The predicted octanol–water partition coefficient (Wildman–Crippen LogP) is 13.9. The molecule has 0 aromatic heterocycles. The quantitative estimate of drug-likeness (QED) is 0.126. The van der Waals surface area contributed by atoms with Crippen LogP contribution >= 0.6 is 69.9 Å². The first-order chi connectivity index (χ1) is 28.6. The number of halogens is 4. The SMILES string of the molecule is CC[C@@H]([C@@H](C)SC(C)C)N1C(=O)CO[C@H](c2cccc(Cl)c2)[C@H]1c1ccc(Cl)cc1.CC[C@@H]([C@H](C)SC(C)C)N1C(=O)CO[C@H](c2cccc(Cl)c2)[C@H]1c1ccc(Cl)cc1. The van der Waals surface area contributed by atoms with Crippen LogP contribution in [-0.4, -0.2) is 67.9 Å². The Labute approximate surface area is 386 Å². The number of nitrogens with zero attached hydrogens (tertiary/aromatic N) is 2. The summed E-state index contributed by atoms with van der Waals surface area (Å²) < 4.78 is 12.2. The number of morpholine rings is 2. The summed E-state index contributed by atoms with van der Waals surface area (Å²) in [6.45, 7) is 17.6. The van der Waals surface area contributed by atoms with Crippen molar-refractivity contribution in [1.29, 1.82) is 0 Å². The lowest BCUT2D eigenvalue weighted by Gasteiger charge is -2.47. The Kier molecular flexibility index (Phi) is 18.5. The summed E-state index contributed by atoms with van der Waals surface area (Å²) in [6.07, 6.45) is 1.15. The van der Waals surface area contributed by atoms with E-state index in [2.05, 4.69) is 65.2 Å². The summed E-state index contributed by atoms with van der Waals surface area (Å²) in [5.74, 6) is 0.0487. The van der Waals surface area contributed by atoms with Gasteiger partial charge in [0.1, 0.15) is 25.4 Å². The van der Waals surface area contributed by atoms with Gasteiger partial charge in [-0.2, -0.15) is 23.5 Å². The maximum atomic E-state index is 13.2. The van der Waals surface area contributed by atoms with Gasteiger partial charge >= 0.3 is 0 Å². The van der Waals surface area contributed by atoms with Gasteiger partial charge < -0.3 is 19.3 Å². The van der Waals surface area contributed by atoms with E-state index >= 15 is 0 Å². The summed E-state index contributed by atoms with van der Waals surface area (Å²) in [6, 6.07) is 30.6. The average Bonchev–Trinajstić information content (AvgIpc) is 3.20. The molecule has 4 aromatic rings. The number of carbonyl (C=O) groups excluding carboxylic acids is 2. The van der Waals surface area contributed by atoms with Crippen LogP contribution in [0.1, 0.15) is 115 Å². The first kappa shape index (κ1) is 48.6. The van der Waals surface area contributed by atoms with Gasteiger partial charge in [0.25, 0.3) is 0 Å². The van der Waals surface area contributed by atoms with Crippen LogP contribution in [0.25, 0.3) is 0 Å². The summed E-state index contributed by atoms with van der Waals surface area (Å²) in [7, 11) is 0. The van der Waals surface area contributed by atoms with Crippen molar-refractivity contribution in [2.24, 2.45) is 0 Å². The molecule has 0 radical (unpaired) electrons. The lowest BCUT2D eigenvalue weighted by atomic mass is 9.90. The summed E-state index contributed by atoms with van der Waals surface area (Å²) >= 11 is 28.7. The first-order valence-corrected chi connectivity index (χ1v) is 24.2. The average molecular weight is 933 g/mol. The van der Waals surface area contributed by atoms with Crippen LogP contribution in [0.2, 0.25) is 20.1 Å². The minimum atomic E-state index is -0.298. The van der Waals surface area contributed by atoms with Gasteiger partial charge in [0.15, 0.2) is 0 Å². The highest BCUT2D eigenvalue weighted by atomic mass is 35.5. The molecule has 2 amide bonds. The first-order valence-electron chi connectivity index (χ1n) is 20.8. The summed E-state index contributed by atoms with van der Waals surface area (Å²) in [4.78, 5) is 30.5. The lowest BCUT2D eigenvalue weighted by Crippen LogP contribution is -2.53. The number of rotatable bonds is 14. The standard InChI is InChI=1S/2C24H29Cl2NO2S/c2*1-5-21(16(4)30-15(2)3)27-22(28)14-29-24(18-7-6-8-20(26)13-18)23(27)17-9-11-19(25)12-10-17/h2*6-13,15-16,21,23-24H,5,14H2,1-4H3/t16-,21+,23-,24-;16-,21-,23+,24+/m10/s1. The van der Waals surface area contributed by atoms with Gasteiger partial charge in [0.05, 0.1) is 12.1 Å². The van der Waals surface area contributed by atoms with Gasteiger partial charge in [0, 0.05) is 42.7 Å². The van der Waals surface area contributed by atoms with Crippen molar-refractivity contribution in [2.45, 2.75) is 126 Å². The molecule has 2 aliphatic heterocycles. The molecule has 2 fully saturated rings. The van der Waals surface area contributed by atoms with E-state index in [1.54, 1.807) is 0 Å². The van der Waals surface area contributed by atoms with E-state index in [1.165, 1.54) is 0 Å². The number of amides is 2. The zero-order valence-corrected chi connectivity index (χ0v) is 40.4. The van der Waals surface area contributed by atoms with Crippen LogP contribution in [0.3, 0.4) is 0 Å². The largest absolute Gasteiger partial charge is 0.361 e. The number of carbonyl (C=O) groups is 2. The Morgan fingerprint density at radius 2 is 0.883 bits per heavy atom. The van der Waals surface area contributed by atoms with Crippen LogP contribution in [0, 0.1) is 0 Å². The Hall–Kier alpha value is -2.40. The molecule has 6 rings (SSSR count). The van der Waals surface area contributed by atoms with Crippen molar-refractivity contribution in [3.63, 3.8) is 0 Å². The maximum absolute atomic E-state index is 13.2. The number of hydrogen-bond donors (Lipinski definition) is 0. The van der Waals surface area contributed by atoms with Gasteiger partial charge in [-0.05, 0) is 94.1 Å². The Morgan fingerprint density at radius 3 is 1.18 bits per heavy atom. The molecule has 0 saturated carbocycles. The molecule has 0 bridgehead atoms. The van der Waals surface area contributed by atoms with Crippen LogP contribution < -0.4 is 0 Å². The van der Waals surface area contributed by atoms with Gasteiger partial charge in [-0.15, -0.1) is 0 Å². The second-order valence-electron chi connectivity index (χ2n) is 15.9. The molecule has 324 valence electrons. The maximum Gasteiger partial charge on any atom is 0.249 e. The zero-order chi connectivity index (χ0) is 43.7. The van der Waals surface area contributed by atoms with Crippen LogP contribution in [0.4, 0.5) is 0 Å². The topological polar surface area (TPSA) is 59.1 Å². The van der Waals surface area contributed by atoms with Gasteiger partial charge in [0.2, 0.25) is 11.8 Å². The van der Waals surface area contributed by atoms with E-state index in [-0.39, 0.29) is 61.4 Å². The third-order valence-corrected chi connectivity index (χ3v) is 14.5. The van der Waals surface area contributed by atoms with E-state index in [0.717, 1.165) is 35.1 Å². The van der Waals surface area contributed by atoms with Crippen molar-refractivity contribution in [1.82, 2.24) is 9.80 Å². The molecule has 0 unspecified atom stereocenters. The van der Waals surface area contributed by atoms with Crippen LogP contribution in [0.15, 0.2) is 97.1 Å². The van der Waals surface area contributed by atoms with E-state index < -0.39 is 0 Å². The molecule has 2 saturated heterocycles. The Balaban J connectivity index is 0.000000228. The van der Waals surface area contributed by atoms with Gasteiger partial charge in [-0.25, -0.2) is 0 Å². The number of ether oxygens (including phenoxy) is 2. The molecule has 2 aliphatic rings. The molecule has 4 aromatic carbocycles. The van der Waals surface area contributed by atoms with Gasteiger partial charge in [-0.3, -0.25) is 9.59 Å². The highest BCUT2D eigenvalue weighted by molar-refractivity contribution is 8.00. The normalized spacial score (nSPS) is 21.7.